The van der Waals surface area contributed by atoms with Crippen molar-refractivity contribution in [3.05, 3.63) is 51.8 Å². The molecular formula is C13H8Cl2N2O. The predicted octanol–water partition coefficient (Wildman–Crippen LogP) is 4.36. The molecule has 0 bridgehead atoms. The summed E-state index contributed by atoms with van der Waals surface area (Å²) < 4.78 is 5.66. The summed E-state index contributed by atoms with van der Waals surface area (Å²) >= 11 is 11.9. The average molecular weight is 279 g/mol. The number of pyridine rings is 1. The van der Waals surface area contributed by atoms with Crippen LogP contribution in [0, 0.1) is 18.3 Å². The Hall–Kier alpha value is -1.76. The first kappa shape index (κ1) is 12.7. The highest BCUT2D eigenvalue weighted by atomic mass is 35.5. The molecule has 0 fully saturated rings. The van der Waals surface area contributed by atoms with Gasteiger partial charge in [0.05, 0.1) is 5.02 Å². The number of rotatable bonds is 2. The molecular weight excluding hydrogens is 271 g/mol. The standard InChI is InChI=1S/C13H8Cl2N2O/c1-8-3-2-4-10(14)12(8)18-11-5-6-17-13(15)9(11)7-16/h2-6H,1H3. The Bertz CT molecular complexity index is 615. The van der Waals surface area contributed by atoms with Crippen LogP contribution in [0.5, 0.6) is 11.5 Å². The third-order valence-electron chi connectivity index (χ3n) is 2.35. The fourth-order valence-electron chi connectivity index (χ4n) is 1.46. The van der Waals surface area contributed by atoms with Crippen molar-refractivity contribution in [2.45, 2.75) is 6.92 Å². The molecule has 0 atom stereocenters. The van der Waals surface area contributed by atoms with Gasteiger partial charge in [0.2, 0.25) is 0 Å². The van der Waals surface area contributed by atoms with Crippen molar-refractivity contribution in [3.8, 4) is 17.6 Å². The zero-order chi connectivity index (χ0) is 13.1. The first-order valence-electron chi connectivity index (χ1n) is 5.11. The van der Waals surface area contributed by atoms with Crippen molar-refractivity contribution in [2.75, 3.05) is 0 Å². The monoisotopic (exact) mass is 278 g/mol. The molecule has 0 saturated heterocycles. The summed E-state index contributed by atoms with van der Waals surface area (Å²) in [7, 11) is 0. The third kappa shape index (κ3) is 2.40. The van der Waals surface area contributed by atoms with E-state index >= 15 is 0 Å². The number of hydrogen-bond acceptors (Lipinski definition) is 3. The van der Waals surface area contributed by atoms with E-state index < -0.39 is 0 Å². The number of benzene rings is 1. The van der Waals surface area contributed by atoms with Gasteiger partial charge >= 0.3 is 0 Å². The number of hydrogen-bond donors (Lipinski definition) is 0. The second-order valence-corrected chi connectivity index (χ2v) is 4.34. The third-order valence-corrected chi connectivity index (χ3v) is 2.94. The Labute approximate surface area is 115 Å². The van der Waals surface area contributed by atoms with E-state index in [-0.39, 0.29) is 10.7 Å². The summed E-state index contributed by atoms with van der Waals surface area (Å²) in [4.78, 5) is 3.83. The zero-order valence-electron chi connectivity index (χ0n) is 9.45. The maximum Gasteiger partial charge on any atom is 0.150 e. The van der Waals surface area contributed by atoms with E-state index in [1.54, 1.807) is 12.1 Å². The van der Waals surface area contributed by atoms with Crippen molar-refractivity contribution in [1.29, 1.82) is 5.26 Å². The summed E-state index contributed by atoms with van der Waals surface area (Å²) in [5.74, 6) is 0.853. The SMILES string of the molecule is Cc1cccc(Cl)c1Oc1ccnc(Cl)c1C#N. The van der Waals surface area contributed by atoms with E-state index in [2.05, 4.69) is 4.98 Å². The van der Waals surface area contributed by atoms with Crippen LogP contribution in [0.25, 0.3) is 0 Å². The van der Waals surface area contributed by atoms with E-state index in [4.69, 9.17) is 33.2 Å². The van der Waals surface area contributed by atoms with Crippen LogP contribution in [-0.2, 0) is 0 Å². The lowest BCUT2D eigenvalue weighted by Crippen LogP contribution is -1.93. The fraction of sp³-hybridized carbons (Fsp3) is 0.0769. The van der Waals surface area contributed by atoms with Gasteiger partial charge in [0.25, 0.3) is 0 Å². The van der Waals surface area contributed by atoms with Crippen LogP contribution < -0.4 is 4.74 Å². The number of para-hydroxylation sites is 1. The van der Waals surface area contributed by atoms with Gasteiger partial charge in [0, 0.05) is 12.3 Å². The molecule has 1 heterocycles. The largest absolute Gasteiger partial charge is 0.454 e. The number of nitriles is 1. The van der Waals surface area contributed by atoms with Gasteiger partial charge in [-0.1, -0.05) is 35.3 Å². The highest BCUT2D eigenvalue weighted by molar-refractivity contribution is 6.32. The number of aromatic nitrogens is 1. The van der Waals surface area contributed by atoms with E-state index in [1.807, 2.05) is 25.1 Å². The summed E-state index contributed by atoms with van der Waals surface area (Å²) in [5.41, 5.74) is 1.07. The molecule has 0 radical (unpaired) electrons. The van der Waals surface area contributed by atoms with Crippen LogP contribution in [-0.4, -0.2) is 4.98 Å². The molecule has 0 aliphatic carbocycles. The Morgan fingerprint density at radius 3 is 2.72 bits per heavy atom. The van der Waals surface area contributed by atoms with Gasteiger partial charge < -0.3 is 4.74 Å². The smallest absolute Gasteiger partial charge is 0.150 e. The normalized spacial score (nSPS) is 9.89. The molecule has 5 heteroatoms. The molecule has 18 heavy (non-hydrogen) atoms. The van der Waals surface area contributed by atoms with Gasteiger partial charge in [-0.2, -0.15) is 5.26 Å². The lowest BCUT2D eigenvalue weighted by Gasteiger charge is -2.11. The van der Waals surface area contributed by atoms with Crippen molar-refractivity contribution < 1.29 is 4.74 Å². The van der Waals surface area contributed by atoms with E-state index in [0.29, 0.717) is 16.5 Å². The van der Waals surface area contributed by atoms with Crippen molar-refractivity contribution in [1.82, 2.24) is 4.98 Å². The van der Waals surface area contributed by atoms with Gasteiger partial charge in [0.15, 0.2) is 5.15 Å². The lowest BCUT2D eigenvalue weighted by molar-refractivity contribution is 0.477. The molecule has 2 rings (SSSR count). The summed E-state index contributed by atoms with van der Waals surface area (Å²) in [5, 5.41) is 9.62. The lowest BCUT2D eigenvalue weighted by atomic mass is 10.2. The molecule has 0 unspecified atom stereocenters. The molecule has 2 aromatic rings. The highest BCUT2D eigenvalue weighted by Crippen LogP contribution is 2.34. The Balaban J connectivity index is 2.48. The Morgan fingerprint density at radius 2 is 2.06 bits per heavy atom. The van der Waals surface area contributed by atoms with Crippen LogP contribution in [0.15, 0.2) is 30.5 Å². The number of halogens is 2. The topological polar surface area (TPSA) is 45.9 Å². The van der Waals surface area contributed by atoms with Crippen LogP contribution in [0.4, 0.5) is 0 Å². The molecule has 0 aliphatic heterocycles. The van der Waals surface area contributed by atoms with Crippen LogP contribution >= 0.6 is 23.2 Å². The minimum atomic E-state index is 0.111. The summed E-state index contributed by atoms with van der Waals surface area (Å²) in [6.45, 7) is 1.87. The van der Waals surface area contributed by atoms with Gasteiger partial charge in [-0.15, -0.1) is 0 Å². The molecule has 1 aromatic heterocycles. The summed E-state index contributed by atoms with van der Waals surface area (Å²) in [6, 6.07) is 8.96. The second kappa shape index (κ2) is 5.26. The zero-order valence-corrected chi connectivity index (χ0v) is 11.0. The predicted molar refractivity (Wildman–Crippen MR) is 70.2 cm³/mol. The fourth-order valence-corrected chi connectivity index (χ4v) is 1.91. The Kier molecular flexibility index (Phi) is 3.71. The molecule has 90 valence electrons. The van der Waals surface area contributed by atoms with E-state index in [0.717, 1.165) is 5.56 Å². The highest BCUT2D eigenvalue weighted by Gasteiger charge is 2.12. The second-order valence-electron chi connectivity index (χ2n) is 3.57. The Morgan fingerprint density at radius 1 is 1.28 bits per heavy atom. The minimum absolute atomic E-state index is 0.111. The molecule has 0 amide bonds. The average Bonchev–Trinajstić information content (AvgIpc) is 2.34. The molecule has 0 aliphatic rings. The van der Waals surface area contributed by atoms with Gasteiger partial charge in [-0.3, -0.25) is 0 Å². The van der Waals surface area contributed by atoms with Crippen LogP contribution in [0.3, 0.4) is 0 Å². The number of nitrogens with zero attached hydrogens (tertiary/aromatic N) is 2. The van der Waals surface area contributed by atoms with Crippen molar-refractivity contribution in [3.63, 3.8) is 0 Å². The first-order chi connectivity index (χ1) is 8.63. The van der Waals surface area contributed by atoms with Gasteiger partial charge in [-0.05, 0) is 18.6 Å². The van der Waals surface area contributed by atoms with Crippen LogP contribution in [0.2, 0.25) is 10.2 Å². The quantitative estimate of drug-likeness (QED) is 0.767. The van der Waals surface area contributed by atoms with E-state index in [1.165, 1.54) is 6.20 Å². The number of ether oxygens (including phenoxy) is 1. The van der Waals surface area contributed by atoms with Gasteiger partial charge in [0.1, 0.15) is 23.1 Å². The number of aryl methyl sites for hydroxylation is 1. The van der Waals surface area contributed by atoms with E-state index in [9.17, 15) is 0 Å². The minimum Gasteiger partial charge on any atom is -0.454 e. The molecule has 1 aromatic carbocycles. The molecule has 0 spiro atoms. The maximum atomic E-state index is 9.03. The molecule has 0 N–H and O–H groups in total. The van der Waals surface area contributed by atoms with Crippen molar-refractivity contribution in [2.24, 2.45) is 0 Å². The van der Waals surface area contributed by atoms with Crippen LogP contribution in [0.1, 0.15) is 11.1 Å². The molecule has 3 nitrogen and oxygen atoms in total. The molecule has 0 saturated carbocycles. The van der Waals surface area contributed by atoms with Crippen molar-refractivity contribution >= 4 is 23.2 Å². The summed E-state index contributed by atoms with van der Waals surface area (Å²) in [6.07, 6.45) is 1.48. The first-order valence-corrected chi connectivity index (χ1v) is 5.86. The van der Waals surface area contributed by atoms with Gasteiger partial charge in [-0.25, -0.2) is 4.98 Å². The maximum absolute atomic E-state index is 9.03.